The number of hydrogen-bond acceptors (Lipinski definition) is 5. The number of hydrogen-bond donors (Lipinski definition) is 2. The lowest BCUT2D eigenvalue weighted by molar-refractivity contribution is 0.104. The van der Waals surface area contributed by atoms with Crippen LogP contribution in [0.15, 0.2) is 35.2 Å². The van der Waals surface area contributed by atoms with Crippen LogP contribution in [0.3, 0.4) is 0 Å². The molecular formula is C22H25N3O4S. The molecule has 0 saturated carbocycles. The summed E-state index contributed by atoms with van der Waals surface area (Å²) in [6, 6.07) is 10.0. The van der Waals surface area contributed by atoms with Crippen molar-refractivity contribution in [1.82, 2.24) is 9.88 Å². The van der Waals surface area contributed by atoms with Crippen LogP contribution in [-0.4, -0.2) is 38.6 Å². The first-order valence-corrected chi connectivity index (χ1v) is 11.5. The van der Waals surface area contributed by atoms with E-state index in [0.29, 0.717) is 11.8 Å². The summed E-state index contributed by atoms with van der Waals surface area (Å²) in [5.74, 6) is 1.13. The summed E-state index contributed by atoms with van der Waals surface area (Å²) >= 11 is 0. The van der Waals surface area contributed by atoms with Gasteiger partial charge in [-0.15, -0.1) is 0 Å². The van der Waals surface area contributed by atoms with E-state index in [9.17, 15) is 8.42 Å². The smallest absolute Gasteiger partial charge is 0.241 e. The van der Waals surface area contributed by atoms with Crippen molar-refractivity contribution in [2.45, 2.75) is 43.3 Å². The van der Waals surface area contributed by atoms with Crippen molar-refractivity contribution in [3.63, 3.8) is 0 Å². The van der Waals surface area contributed by atoms with Gasteiger partial charge < -0.3 is 14.5 Å². The fourth-order valence-electron chi connectivity index (χ4n) is 5.05. The molecule has 0 saturated heterocycles. The van der Waals surface area contributed by atoms with Crippen molar-refractivity contribution in [3.8, 4) is 11.5 Å². The molecule has 0 aliphatic carbocycles. The highest BCUT2D eigenvalue weighted by Gasteiger charge is 2.38. The molecule has 0 amide bonds. The Morgan fingerprint density at radius 1 is 1.13 bits per heavy atom. The molecule has 0 fully saturated rings. The molecule has 2 aliphatic rings. The number of methoxy groups -OCH3 is 2. The average Bonchev–Trinajstić information content (AvgIpc) is 3.08. The van der Waals surface area contributed by atoms with Gasteiger partial charge in [0, 0.05) is 35.2 Å². The first kappa shape index (κ1) is 19.4. The van der Waals surface area contributed by atoms with E-state index < -0.39 is 10.0 Å². The average molecular weight is 428 g/mol. The number of fused-ring (bicyclic) bond motifs is 6. The highest BCUT2D eigenvalue weighted by molar-refractivity contribution is 7.89. The van der Waals surface area contributed by atoms with Gasteiger partial charge >= 0.3 is 0 Å². The van der Waals surface area contributed by atoms with E-state index in [0.717, 1.165) is 47.2 Å². The lowest BCUT2D eigenvalue weighted by Gasteiger charge is -2.45. The monoisotopic (exact) mass is 427 g/mol. The topological polar surface area (TPSA) is 97.7 Å². The van der Waals surface area contributed by atoms with Crippen LogP contribution in [0.5, 0.6) is 11.5 Å². The summed E-state index contributed by atoms with van der Waals surface area (Å²) in [6.07, 6.45) is 1.62. The number of rotatable bonds is 3. The molecule has 3 heterocycles. The van der Waals surface area contributed by atoms with Gasteiger partial charge in [0.25, 0.3) is 0 Å². The van der Waals surface area contributed by atoms with Gasteiger partial charge in [0.05, 0.1) is 14.2 Å². The molecule has 3 N–H and O–H groups in total. The highest BCUT2D eigenvalue weighted by atomic mass is 32.2. The fraction of sp³-hybridized carbons (Fsp3) is 0.364. The van der Waals surface area contributed by atoms with Crippen LogP contribution >= 0.6 is 0 Å². The molecule has 0 radical (unpaired) electrons. The van der Waals surface area contributed by atoms with E-state index >= 15 is 0 Å². The van der Waals surface area contributed by atoms with Crippen molar-refractivity contribution in [1.29, 1.82) is 0 Å². The van der Waals surface area contributed by atoms with E-state index in [1.165, 1.54) is 18.4 Å². The summed E-state index contributed by atoms with van der Waals surface area (Å²) in [6.45, 7) is 3.00. The Kier molecular flexibility index (Phi) is 4.36. The van der Waals surface area contributed by atoms with Crippen LogP contribution in [0, 0.1) is 0 Å². The van der Waals surface area contributed by atoms with E-state index in [2.05, 4.69) is 22.9 Å². The van der Waals surface area contributed by atoms with Gasteiger partial charge in [-0.2, -0.15) is 0 Å². The second-order valence-electron chi connectivity index (χ2n) is 8.19. The molecular weight excluding hydrogens is 402 g/mol. The van der Waals surface area contributed by atoms with Crippen molar-refractivity contribution in [3.05, 3.63) is 52.7 Å². The van der Waals surface area contributed by atoms with E-state index in [4.69, 9.17) is 14.6 Å². The third-order valence-electron chi connectivity index (χ3n) is 6.51. The largest absolute Gasteiger partial charge is 0.497 e. The zero-order valence-electron chi connectivity index (χ0n) is 17.2. The van der Waals surface area contributed by atoms with Crippen LogP contribution in [0.4, 0.5) is 0 Å². The molecule has 3 aromatic rings. The number of nitrogens with one attached hydrogen (secondary N) is 1. The predicted molar refractivity (Wildman–Crippen MR) is 114 cm³/mol. The number of aromatic amines is 1. The van der Waals surface area contributed by atoms with Gasteiger partial charge in [0.1, 0.15) is 16.4 Å². The Hall–Kier alpha value is -2.55. The van der Waals surface area contributed by atoms with E-state index in [1.807, 2.05) is 18.2 Å². The molecule has 1 unspecified atom stereocenters. The Bertz CT molecular complexity index is 1270. The molecule has 30 heavy (non-hydrogen) atoms. The normalized spacial score (nSPS) is 21.1. The number of ether oxygens (including phenoxy) is 2. The Morgan fingerprint density at radius 3 is 2.63 bits per heavy atom. The molecule has 2 atom stereocenters. The lowest BCUT2D eigenvalue weighted by Crippen LogP contribution is -2.45. The van der Waals surface area contributed by atoms with Gasteiger partial charge in [-0.3, -0.25) is 4.90 Å². The fourth-order valence-corrected chi connectivity index (χ4v) is 5.77. The number of primary sulfonamides is 1. The minimum Gasteiger partial charge on any atom is -0.497 e. The van der Waals surface area contributed by atoms with E-state index in [-0.39, 0.29) is 10.9 Å². The Labute approximate surface area is 175 Å². The van der Waals surface area contributed by atoms with Crippen molar-refractivity contribution >= 4 is 20.9 Å². The lowest BCUT2D eigenvalue weighted by atomic mass is 9.82. The molecule has 0 bridgehead atoms. The molecule has 8 heteroatoms. The number of nitrogens with zero attached hydrogens (tertiary/aromatic N) is 1. The second kappa shape index (κ2) is 6.73. The maximum absolute atomic E-state index is 12.2. The SMILES string of the molecule is COc1ccc2[nH]c3c(c2c1)C[C@H]1c2cc(S(N)(=O)=O)c(OC)cc2CC(C)N1C3. The summed E-state index contributed by atoms with van der Waals surface area (Å²) in [4.78, 5) is 6.05. The Balaban J connectivity index is 1.67. The number of sulfonamides is 1. The van der Waals surface area contributed by atoms with Gasteiger partial charge in [-0.05, 0) is 66.8 Å². The third-order valence-corrected chi connectivity index (χ3v) is 7.44. The molecule has 158 valence electrons. The zero-order chi connectivity index (χ0) is 21.2. The van der Waals surface area contributed by atoms with Gasteiger partial charge in [-0.25, -0.2) is 13.6 Å². The summed E-state index contributed by atoms with van der Waals surface area (Å²) < 4.78 is 35.1. The first-order valence-electron chi connectivity index (χ1n) is 9.97. The van der Waals surface area contributed by atoms with Gasteiger partial charge in [-0.1, -0.05) is 0 Å². The van der Waals surface area contributed by atoms with Crippen LogP contribution in [0.2, 0.25) is 0 Å². The van der Waals surface area contributed by atoms with Crippen molar-refractivity contribution in [2.75, 3.05) is 14.2 Å². The van der Waals surface area contributed by atoms with Crippen LogP contribution in [0.25, 0.3) is 10.9 Å². The zero-order valence-corrected chi connectivity index (χ0v) is 18.0. The van der Waals surface area contributed by atoms with Crippen LogP contribution in [0.1, 0.15) is 35.3 Å². The molecule has 2 aliphatic heterocycles. The molecule has 1 aromatic heterocycles. The molecule has 7 nitrogen and oxygen atoms in total. The van der Waals surface area contributed by atoms with Gasteiger partial charge in [0.2, 0.25) is 10.0 Å². The maximum atomic E-state index is 12.2. The quantitative estimate of drug-likeness (QED) is 0.670. The minimum absolute atomic E-state index is 0.0460. The molecule has 5 rings (SSSR count). The highest BCUT2D eigenvalue weighted by Crippen LogP contribution is 2.44. The predicted octanol–water partition coefficient (Wildman–Crippen LogP) is 2.88. The minimum atomic E-state index is -3.89. The molecule has 2 aromatic carbocycles. The maximum Gasteiger partial charge on any atom is 0.241 e. The summed E-state index contributed by atoms with van der Waals surface area (Å²) in [5.41, 5.74) is 5.70. The number of nitrogens with two attached hydrogens (primary N) is 1. The Morgan fingerprint density at radius 2 is 1.93 bits per heavy atom. The number of H-pyrrole nitrogens is 1. The number of benzene rings is 2. The standard InChI is InChI=1S/C22H25N3O4S/c1-12-6-13-7-21(29-3)22(30(23,26)27)10-15(13)20-9-17-16-8-14(28-2)4-5-18(16)24-19(17)11-25(12)20/h4-5,7-8,10,12,20,24H,6,9,11H2,1-3H3,(H2,23,26,27)/t12?,20-/m0/s1. The van der Waals surface area contributed by atoms with Gasteiger partial charge in [0.15, 0.2) is 0 Å². The van der Waals surface area contributed by atoms with Crippen LogP contribution < -0.4 is 14.6 Å². The molecule has 0 spiro atoms. The summed E-state index contributed by atoms with van der Waals surface area (Å²) in [7, 11) is -0.747. The first-order chi connectivity index (χ1) is 14.3. The summed E-state index contributed by atoms with van der Waals surface area (Å²) in [5, 5.41) is 6.64. The number of aromatic nitrogens is 1. The van der Waals surface area contributed by atoms with Crippen LogP contribution in [-0.2, 0) is 29.4 Å². The second-order valence-corrected chi connectivity index (χ2v) is 9.72. The van der Waals surface area contributed by atoms with Crippen molar-refractivity contribution in [2.24, 2.45) is 5.14 Å². The third kappa shape index (κ3) is 2.90. The van der Waals surface area contributed by atoms with E-state index in [1.54, 1.807) is 13.2 Å². The van der Waals surface area contributed by atoms with Crippen molar-refractivity contribution < 1.29 is 17.9 Å².